The molecule has 4 aliphatic rings. The largest absolute Gasteiger partial charge is 0.489 e. The molecule has 1 saturated heterocycles. The van der Waals surface area contributed by atoms with Crippen LogP contribution in [0.3, 0.4) is 0 Å². The molecule has 0 aromatic carbocycles. The topological polar surface area (TPSA) is 46.5 Å². The third kappa shape index (κ3) is 0.674. The molecule has 4 rings (SSSR count). The SMILES string of the molecule is O=C(O)C12CCC3=C4CCC4=C(C1)C2O3. The van der Waals surface area contributed by atoms with E-state index >= 15 is 0 Å². The molecule has 3 fully saturated rings. The van der Waals surface area contributed by atoms with E-state index in [1.54, 1.807) is 0 Å². The van der Waals surface area contributed by atoms with Crippen LogP contribution in [0.25, 0.3) is 0 Å². The van der Waals surface area contributed by atoms with E-state index < -0.39 is 11.4 Å². The van der Waals surface area contributed by atoms with Crippen LogP contribution in [0.2, 0.25) is 0 Å². The Hall–Kier alpha value is -1.25. The van der Waals surface area contributed by atoms with E-state index in [4.69, 9.17) is 4.74 Å². The third-order valence-corrected chi connectivity index (χ3v) is 4.52. The van der Waals surface area contributed by atoms with Gasteiger partial charge in [-0.1, -0.05) is 0 Å². The molecule has 2 bridgehead atoms. The van der Waals surface area contributed by atoms with Gasteiger partial charge in [0.05, 0.1) is 0 Å². The summed E-state index contributed by atoms with van der Waals surface area (Å²) in [5.41, 5.74) is 3.56. The van der Waals surface area contributed by atoms with Crippen LogP contribution in [0.4, 0.5) is 0 Å². The summed E-state index contributed by atoms with van der Waals surface area (Å²) in [5.74, 6) is 0.431. The van der Waals surface area contributed by atoms with E-state index in [9.17, 15) is 9.90 Å². The predicted octanol–water partition coefficient (Wildman–Crippen LogP) is 2.00. The molecule has 0 radical (unpaired) electrons. The number of ether oxygens (including phenoxy) is 1. The highest BCUT2D eigenvalue weighted by molar-refractivity contribution is 5.81. The summed E-state index contributed by atoms with van der Waals surface area (Å²) < 4.78 is 5.82. The number of carbonyl (C=O) groups is 1. The number of allylic oxidation sites excluding steroid dienone is 3. The van der Waals surface area contributed by atoms with Gasteiger partial charge in [-0.05, 0) is 42.4 Å². The molecular formula is C12H12O3. The highest BCUT2D eigenvalue weighted by Gasteiger charge is 2.63. The molecule has 0 spiro atoms. The lowest BCUT2D eigenvalue weighted by Gasteiger charge is -2.56. The second-order valence-corrected chi connectivity index (χ2v) is 5.04. The maximum absolute atomic E-state index is 11.3. The Morgan fingerprint density at radius 1 is 1.33 bits per heavy atom. The molecule has 2 heterocycles. The standard InChI is InChI=1S/C12H12O3/c13-11(14)12-4-3-9-7-2-1-6(7)8(5-12)10(12)15-9/h10H,1-5H2,(H,13,14). The minimum atomic E-state index is -0.668. The van der Waals surface area contributed by atoms with Gasteiger partial charge in [-0.3, -0.25) is 4.79 Å². The molecule has 0 aromatic heterocycles. The minimum absolute atomic E-state index is 0.113. The maximum Gasteiger partial charge on any atom is 0.314 e. The molecular weight excluding hydrogens is 192 g/mol. The lowest BCUT2D eigenvalue weighted by Crippen LogP contribution is -2.58. The predicted molar refractivity (Wildman–Crippen MR) is 52.1 cm³/mol. The van der Waals surface area contributed by atoms with E-state index in [0.29, 0.717) is 0 Å². The summed E-state index contributed by atoms with van der Waals surface area (Å²) in [6, 6.07) is 0. The van der Waals surface area contributed by atoms with Gasteiger partial charge in [0.1, 0.15) is 17.3 Å². The smallest absolute Gasteiger partial charge is 0.314 e. The summed E-state index contributed by atoms with van der Waals surface area (Å²) >= 11 is 0. The molecule has 78 valence electrons. The van der Waals surface area contributed by atoms with Gasteiger partial charge in [-0.25, -0.2) is 0 Å². The molecule has 15 heavy (non-hydrogen) atoms. The van der Waals surface area contributed by atoms with Gasteiger partial charge < -0.3 is 9.84 Å². The fraction of sp³-hybridized carbons (Fsp3) is 0.583. The normalized spacial score (nSPS) is 40.1. The van der Waals surface area contributed by atoms with Gasteiger partial charge in [0.2, 0.25) is 0 Å². The van der Waals surface area contributed by atoms with Crippen LogP contribution in [0, 0.1) is 5.41 Å². The summed E-state index contributed by atoms with van der Waals surface area (Å²) in [7, 11) is 0. The first-order chi connectivity index (χ1) is 7.22. The first kappa shape index (κ1) is 7.97. The Morgan fingerprint density at radius 3 is 2.80 bits per heavy atom. The van der Waals surface area contributed by atoms with E-state index in [-0.39, 0.29) is 6.10 Å². The van der Waals surface area contributed by atoms with E-state index in [1.807, 2.05) is 0 Å². The highest BCUT2D eigenvalue weighted by atomic mass is 16.5. The van der Waals surface area contributed by atoms with Gasteiger partial charge >= 0.3 is 5.97 Å². The van der Waals surface area contributed by atoms with Gasteiger partial charge in [0.15, 0.2) is 0 Å². The molecule has 3 heteroatoms. The monoisotopic (exact) mass is 204 g/mol. The molecule has 2 aliphatic heterocycles. The maximum atomic E-state index is 11.3. The Bertz CT molecular complexity index is 457. The van der Waals surface area contributed by atoms with Crippen LogP contribution < -0.4 is 0 Å². The lowest BCUT2D eigenvalue weighted by atomic mass is 9.54. The van der Waals surface area contributed by atoms with Crippen LogP contribution in [-0.4, -0.2) is 17.2 Å². The van der Waals surface area contributed by atoms with E-state index in [2.05, 4.69) is 0 Å². The Labute approximate surface area is 87.4 Å². The number of carboxylic acid groups (broad SMARTS) is 1. The van der Waals surface area contributed by atoms with Crippen molar-refractivity contribution in [1.29, 1.82) is 0 Å². The van der Waals surface area contributed by atoms with Crippen molar-refractivity contribution in [3.8, 4) is 0 Å². The van der Waals surface area contributed by atoms with Crippen molar-refractivity contribution in [1.82, 2.24) is 0 Å². The average Bonchev–Trinajstić information content (AvgIpc) is 2.12. The Kier molecular flexibility index (Phi) is 1.13. The van der Waals surface area contributed by atoms with Crippen LogP contribution >= 0.6 is 0 Å². The zero-order chi connectivity index (χ0) is 10.2. The number of hydrogen-bond donors (Lipinski definition) is 1. The van der Waals surface area contributed by atoms with Crippen LogP contribution in [-0.2, 0) is 9.53 Å². The number of aliphatic carboxylic acids is 1. The first-order valence-electron chi connectivity index (χ1n) is 5.57. The van der Waals surface area contributed by atoms with Crippen molar-refractivity contribution in [3.63, 3.8) is 0 Å². The van der Waals surface area contributed by atoms with E-state index in [0.717, 1.165) is 37.9 Å². The van der Waals surface area contributed by atoms with Crippen molar-refractivity contribution in [2.75, 3.05) is 0 Å². The van der Waals surface area contributed by atoms with Gasteiger partial charge in [-0.2, -0.15) is 0 Å². The van der Waals surface area contributed by atoms with Gasteiger partial charge in [-0.15, -0.1) is 0 Å². The molecule has 2 unspecified atom stereocenters. The van der Waals surface area contributed by atoms with Crippen LogP contribution in [0.1, 0.15) is 32.1 Å². The highest BCUT2D eigenvalue weighted by Crippen LogP contribution is 2.62. The number of fused-ring (bicyclic) bond motifs is 2. The van der Waals surface area contributed by atoms with Gasteiger partial charge in [0.25, 0.3) is 0 Å². The zero-order valence-electron chi connectivity index (χ0n) is 8.38. The van der Waals surface area contributed by atoms with Crippen molar-refractivity contribution < 1.29 is 14.6 Å². The quantitative estimate of drug-likeness (QED) is 0.710. The van der Waals surface area contributed by atoms with Crippen LogP contribution in [0.15, 0.2) is 22.5 Å². The molecule has 0 amide bonds. The average molecular weight is 204 g/mol. The molecule has 3 nitrogen and oxygen atoms in total. The van der Waals surface area contributed by atoms with E-state index in [1.165, 1.54) is 16.7 Å². The zero-order valence-corrected chi connectivity index (χ0v) is 8.38. The van der Waals surface area contributed by atoms with Crippen LogP contribution in [0.5, 0.6) is 0 Å². The molecule has 1 N–H and O–H groups in total. The lowest BCUT2D eigenvalue weighted by molar-refractivity contribution is -0.170. The number of hydrogen-bond acceptors (Lipinski definition) is 2. The molecule has 2 atom stereocenters. The second-order valence-electron chi connectivity index (χ2n) is 5.04. The molecule has 2 aliphatic carbocycles. The molecule has 0 aromatic rings. The second kappa shape index (κ2) is 2.13. The summed E-state index contributed by atoms with van der Waals surface area (Å²) in [6.07, 6.45) is 4.50. The number of carboxylic acids is 1. The summed E-state index contributed by atoms with van der Waals surface area (Å²) in [6.45, 7) is 0. The third-order valence-electron chi connectivity index (χ3n) is 4.52. The van der Waals surface area contributed by atoms with Gasteiger partial charge in [0, 0.05) is 6.42 Å². The minimum Gasteiger partial charge on any atom is -0.489 e. The first-order valence-corrected chi connectivity index (χ1v) is 5.57. The van der Waals surface area contributed by atoms with Crippen molar-refractivity contribution in [2.45, 2.75) is 38.2 Å². The van der Waals surface area contributed by atoms with Crippen molar-refractivity contribution in [2.24, 2.45) is 5.41 Å². The Balaban J connectivity index is 1.87. The Morgan fingerprint density at radius 2 is 2.13 bits per heavy atom. The summed E-state index contributed by atoms with van der Waals surface area (Å²) in [5, 5.41) is 9.30. The fourth-order valence-electron chi connectivity index (χ4n) is 3.49. The number of rotatable bonds is 1. The molecule has 2 saturated carbocycles. The summed E-state index contributed by atoms with van der Waals surface area (Å²) in [4.78, 5) is 11.3. The van der Waals surface area contributed by atoms with Crippen molar-refractivity contribution >= 4 is 5.97 Å². The van der Waals surface area contributed by atoms with Crippen molar-refractivity contribution in [3.05, 3.63) is 22.5 Å². The fourth-order valence-corrected chi connectivity index (χ4v) is 3.49.